The number of amides is 1. The maximum Gasteiger partial charge on any atom is 0.355 e. The quantitative estimate of drug-likeness (QED) is 0.685. The average molecular weight is 431 g/mol. The number of halogens is 2. The van der Waals surface area contributed by atoms with E-state index in [4.69, 9.17) is 23.2 Å². The number of H-pyrrole nitrogens is 1. The number of aromatic nitrogens is 2. The molecule has 1 saturated heterocycles. The molecule has 27 heavy (non-hydrogen) atoms. The Kier molecular flexibility index (Phi) is 5.69. The Hall–Kier alpha value is -1.77. The number of nitrogens with one attached hydrogen (secondary N) is 2. The first-order valence-corrected chi connectivity index (χ1v) is 10.1. The van der Waals surface area contributed by atoms with E-state index < -0.39 is 5.97 Å². The van der Waals surface area contributed by atoms with Gasteiger partial charge in [0.05, 0.1) is 10.0 Å². The summed E-state index contributed by atoms with van der Waals surface area (Å²) in [7, 11) is 0. The molecule has 0 bridgehead atoms. The van der Waals surface area contributed by atoms with Crippen molar-refractivity contribution in [2.75, 3.05) is 18.0 Å². The first-order chi connectivity index (χ1) is 12.7. The van der Waals surface area contributed by atoms with E-state index in [0.29, 0.717) is 33.8 Å². The van der Waals surface area contributed by atoms with Crippen molar-refractivity contribution in [3.8, 4) is 0 Å². The van der Waals surface area contributed by atoms with Gasteiger partial charge in [0, 0.05) is 29.7 Å². The van der Waals surface area contributed by atoms with Gasteiger partial charge in [0.1, 0.15) is 5.69 Å². The highest BCUT2D eigenvalue weighted by Crippen LogP contribution is 2.31. The van der Waals surface area contributed by atoms with E-state index in [-0.39, 0.29) is 34.3 Å². The predicted molar refractivity (Wildman–Crippen MR) is 107 cm³/mol. The van der Waals surface area contributed by atoms with Gasteiger partial charge >= 0.3 is 5.97 Å². The van der Waals surface area contributed by atoms with Crippen LogP contribution in [0.15, 0.2) is 0 Å². The molecule has 10 heteroatoms. The Morgan fingerprint density at radius 1 is 1.33 bits per heavy atom. The van der Waals surface area contributed by atoms with Crippen molar-refractivity contribution in [2.45, 2.75) is 33.2 Å². The fourth-order valence-corrected chi connectivity index (χ4v) is 4.57. The maximum absolute atomic E-state index is 12.5. The normalized spacial score (nSPS) is 20.0. The number of rotatable bonds is 4. The maximum atomic E-state index is 12.5. The fourth-order valence-electron chi connectivity index (χ4n) is 3.22. The number of carbonyl (C=O) groups is 2. The molecular weight excluding hydrogens is 411 g/mol. The Balaban J connectivity index is 1.66. The number of aryl methyl sites for hydroxylation is 2. The minimum Gasteiger partial charge on any atom is -0.476 e. The van der Waals surface area contributed by atoms with Crippen LogP contribution in [0, 0.1) is 19.8 Å². The second-order valence-electron chi connectivity index (χ2n) is 6.75. The minimum absolute atomic E-state index is 0.0211. The summed E-state index contributed by atoms with van der Waals surface area (Å²) < 4.78 is 0. The van der Waals surface area contributed by atoms with E-state index in [2.05, 4.69) is 20.2 Å². The fraction of sp³-hybridized carbons (Fsp3) is 0.471. The third kappa shape index (κ3) is 3.93. The molecule has 0 aliphatic carbocycles. The highest BCUT2D eigenvalue weighted by atomic mass is 35.5. The zero-order chi connectivity index (χ0) is 19.9. The van der Waals surface area contributed by atoms with Crippen molar-refractivity contribution < 1.29 is 14.7 Å². The van der Waals surface area contributed by atoms with Gasteiger partial charge in [-0.05, 0) is 26.2 Å². The molecule has 7 nitrogen and oxygen atoms in total. The first-order valence-electron chi connectivity index (χ1n) is 8.49. The molecule has 1 aliphatic rings. The van der Waals surface area contributed by atoms with Crippen LogP contribution in [0.1, 0.15) is 44.9 Å². The number of hydrogen-bond donors (Lipinski definition) is 3. The molecule has 0 radical (unpaired) electrons. The van der Waals surface area contributed by atoms with E-state index in [9.17, 15) is 14.7 Å². The Morgan fingerprint density at radius 3 is 2.56 bits per heavy atom. The van der Waals surface area contributed by atoms with Crippen LogP contribution >= 0.6 is 34.5 Å². The summed E-state index contributed by atoms with van der Waals surface area (Å²) in [6.45, 7) is 6.92. The summed E-state index contributed by atoms with van der Waals surface area (Å²) >= 11 is 13.5. The van der Waals surface area contributed by atoms with Crippen LogP contribution < -0.4 is 10.2 Å². The smallest absolute Gasteiger partial charge is 0.355 e. The number of thiazole rings is 1. The molecule has 0 unspecified atom stereocenters. The predicted octanol–water partition coefficient (Wildman–Crippen LogP) is 3.74. The molecular formula is C17H20Cl2N4O3S. The van der Waals surface area contributed by atoms with Crippen LogP contribution in [0.25, 0.3) is 0 Å². The standard InChI is InChI=1S/C17H20Cl2N4O3S/c1-7-6-23(17-22-13(16(25)26)9(3)27-17)5-4-10(7)21-15(24)14-12(19)11(18)8(2)20-14/h7,10,20H,4-6H2,1-3H3,(H,21,24)(H,25,26)/t7-,10+/m0/s1. The van der Waals surface area contributed by atoms with Crippen molar-refractivity contribution >= 4 is 51.5 Å². The van der Waals surface area contributed by atoms with Gasteiger partial charge in [-0.25, -0.2) is 9.78 Å². The van der Waals surface area contributed by atoms with Gasteiger partial charge < -0.3 is 20.3 Å². The molecule has 2 atom stereocenters. The van der Waals surface area contributed by atoms with Crippen LogP contribution in [0.2, 0.25) is 10.0 Å². The van der Waals surface area contributed by atoms with Crippen LogP contribution in [-0.4, -0.2) is 46.1 Å². The largest absolute Gasteiger partial charge is 0.476 e. The number of carboxylic acid groups (broad SMARTS) is 1. The van der Waals surface area contributed by atoms with Gasteiger partial charge in [-0.15, -0.1) is 11.3 Å². The van der Waals surface area contributed by atoms with Crippen LogP contribution in [0.5, 0.6) is 0 Å². The lowest BCUT2D eigenvalue weighted by molar-refractivity contribution is 0.0690. The molecule has 3 rings (SSSR count). The van der Waals surface area contributed by atoms with Crippen LogP contribution in [0.4, 0.5) is 5.13 Å². The molecule has 0 saturated carbocycles. The number of piperidine rings is 1. The SMILES string of the molecule is Cc1[nH]c(C(=O)N[C@@H]2CCN(c3nc(C(=O)O)c(C)s3)C[C@@H]2C)c(Cl)c1Cl. The molecule has 146 valence electrons. The summed E-state index contributed by atoms with van der Waals surface area (Å²) in [6, 6.07) is -0.0211. The number of aromatic amines is 1. The highest BCUT2D eigenvalue weighted by Gasteiger charge is 2.31. The third-order valence-corrected chi connectivity index (χ3v) is 6.74. The van der Waals surface area contributed by atoms with E-state index in [1.165, 1.54) is 11.3 Å². The second kappa shape index (κ2) is 7.69. The van der Waals surface area contributed by atoms with E-state index in [0.717, 1.165) is 6.42 Å². The Morgan fingerprint density at radius 2 is 2.04 bits per heavy atom. The summed E-state index contributed by atoms with van der Waals surface area (Å²) in [5, 5.41) is 13.5. The average Bonchev–Trinajstić information content (AvgIpc) is 3.12. The highest BCUT2D eigenvalue weighted by molar-refractivity contribution is 7.15. The molecule has 1 aliphatic heterocycles. The number of aromatic carboxylic acids is 1. The molecule has 0 aromatic carbocycles. The molecule has 1 amide bonds. The minimum atomic E-state index is -1.01. The van der Waals surface area contributed by atoms with Crippen molar-refractivity contribution in [3.63, 3.8) is 0 Å². The second-order valence-corrected chi connectivity index (χ2v) is 8.69. The number of nitrogens with zero attached hydrogens (tertiary/aromatic N) is 2. The van der Waals surface area contributed by atoms with E-state index >= 15 is 0 Å². The van der Waals surface area contributed by atoms with Gasteiger partial charge in [0.15, 0.2) is 10.8 Å². The van der Waals surface area contributed by atoms with Crippen LogP contribution in [-0.2, 0) is 0 Å². The number of carboxylic acids is 1. The lowest BCUT2D eigenvalue weighted by Crippen LogP contribution is -2.50. The lowest BCUT2D eigenvalue weighted by atomic mass is 9.94. The van der Waals surface area contributed by atoms with Crippen molar-refractivity contribution in [1.82, 2.24) is 15.3 Å². The molecule has 2 aromatic rings. The van der Waals surface area contributed by atoms with Crippen molar-refractivity contribution in [2.24, 2.45) is 5.92 Å². The first kappa shape index (κ1) is 20.0. The van der Waals surface area contributed by atoms with E-state index in [1.807, 2.05) is 6.92 Å². The third-order valence-electron chi connectivity index (χ3n) is 4.76. The molecule has 0 spiro atoms. The Labute approximate surface area is 170 Å². The lowest BCUT2D eigenvalue weighted by Gasteiger charge is -2.37. The topological polar surface area (TPSA) is 98.3 Å². The van der Waals surface area contributed by atoms with Gasteiger partial charge in [0.25, 0.3) is 5.91 Å². The van der Waals surface area contributed by atoms with Gasteiger partial charge in [0.2, 0.25) is 0 Å². The molecule has 1 fully saturated rings. The summed E-state index contributed by atoms with van der Waals surface area (Å²) in [5.74, 6) is -1.13. The summed E-state index contributed by atoms with van der Waals surface area (Å²) in [6.07, 6.45) is 0.721. The van der Waals surface area contributed by atoms with Gasteiger partial charge in [-0.2, -0.15) is 0 Å². The van der Waals surface area contributed by atoms with Crippen molar-refractivity contribution in [3.05, 3.63) is 32.0 Å². The Bertz CT molecular complexity index is 895. The number of hydrogen-bond acceptors (Lipinski definition) is 5. The van der Waals surface area contributed by atoms with Gasteiger partial charge in [-0.3, -0.25) is 4.79 Å². The zero-order valence-corrected chi connectivity index (χ0v) is 17.4. The van der Waals surface area contributed by atoms with Crippen LogP contribution in [0.3, 0.4) is 0 Å². The molecule has 3 heterocycles. The summed E-state index contributed by atoms with van der Waals surface area (Å²) in [5.41, 5.74) is 1.03. The molecule has 2 aromatic heterocycles. The molecule has 3 N–H and O–H groups in total. The number of anilines is 1. The summed E-state index contributed by atoms with van der Waals surface area (Å²) in [4.78, 5) is 33.7. The zero-order valence-electron chi connectivity index (χ0n) is 15.1. The number of carbonyl (C=O) groups excluding carboxylic acids is 1. The monoisotopic (exact) mass is 430 g/mol. The van der Waals surface area contributed by atoms with Gasteiger partial charge in [-0.1, -0.05) is 30.1 Å². The van der Waals surface area contributed by atoms with Crippen molar-refractivity contribution in [1.29, 1.82) is 0 Å². The van der Waals surface area contributed by atoms with E-state index in [1.54, 1.807) is 13.8 Å².